The van der Waals surface area contributed by atoms with Crippen molar-refractivity contribution in [2.45, 2.75) is 127 Å². The van der Waals surface area contributed by atoms with Crippen LogP contribution in [0.1, 0.15) is 89.2 Å². The van der Waals surface area contributed by atoms with Crippen LogP contribution in [-0.4, -0.2) is 106 Å². The fraction of sp³-hybridized carbons (Fsp3) is 0.614. The topological polar surface area (TPSA) is 200 Å². The largest absolute Gasteiger partial charge is 0.480 e. The van der Waals surface area contributed by atoms with Crippen LogP contribution in [0.15, 0.2) is 60.7 Å². The molecule has 2 aliphatic carbocycles. The number of benzene rings is 2. The number of nitrogens with one attached hydrogen (secondary N) is 3. The summed E-state index contributed by atoms with van der Waals surface area (Å²) in [7, 11) is 0. The van der Waals surface area contributed by atoms with Gasteiger partial charge in [0.1, 0.15) is 23.7 Å². The Morgan fingerprint density at radius 2 is 1.46 bits per heavy atom. The monoisotopic (exact) mass is 785 g/mol. The lowest BCUT2D eigenvalue weighted by Gasteiger charge is -2.55. The summed E-state index contributed by atoms with van der Waals surface area (Å²) in [4.78, 5) is 72.2. The quantitative estimate of drug-likeness (QED) is 0.123. The molecule has 2 saturated carbocycles. The van der Waals surface area contributed by atoms with Crippen molar-refractivity contribution in [3.05, 3.63) is 71.8 Å². The standard InChI is InChI=1S/C44H63N7O6/c1-29(2)33-28-44(33,49-39(53)36(25-31-14-7-4-8-15-31)47-38(52)34(46)24-30-12-5-3-6-13-30)42(57)48-35(16-9-10-20-45)40(54)50-22-18-43(19-23-50)26-32(27-43)51-21-11-17-37(51)41(55)56/h3-8,12-15,29,32-37H,9-11,16-28,45-46H2,1-2H3,(H,47,52)(H,48,57)(H,49,53)(H,55,56)/t33?,34-,35-,36-,37-,44?/m1/s1. The highest BCUT2D eigenvalue weighted by Gasteiger charge is 2.63. The molecule has 13 nitrogen and oxygen atoms in total. The zero-order chi connectivity index (χ0) is 40.7. The molecule has 2 unspecified atom stereocenters. The summed E-state index contributed by atoms with van der Waals surface area (Å²) in [6.45, 7) is 6.50. The smallest absolute Gasteiger partial charge is 0.320 e. The Labute approximate surface area is 337 Å². The molecule has 2 heterocycles. The predicted octanol–water partition coefficient (Wildman–Crippen LogP) is 2.75. The van der Waals surface area contributed by atoms with Gasteiger partial charge in [-0.1, -0.05) is 74.5 Å². The van der Waals surface area contributed by atoms with Gasteiger partial charge in [-0.2, -0.15) is 0 Å². The van der Waals surface area contributed by atoms with E-state index in [0.29, 0.717) is 58.2 Å². The molecule has 2 saturated heterocycles. The number of carbonyl (C=O) groups is 5. The Morgan fingerprint density at radius 1 is 0.825 bits per heavy atom. The lowest BCUT2D eigenvalue weighted by atomic mass is 9.60. The molecule has 13 heteroatoms. The van der Waals surface area contributed by atoms with Gasteiger partial charge in [0, 0.05) is 25.6 Å². The number of carboxylic acids is 1. The van der Waals surface area contributed by atoms with E-state index in [1.165, 1.54) is 0 Å². The molecule has 310 valence electrons. The third-order valence-electron chi connectivity index (χ3n) is 13.2. The van der Waals surface area contributed by atoms with Crippen LogP contribution in [-0.2, 0) is 36.8 Å². The number of unbranched alkanes of at least 4 members (excludes halogenated alkanes) is 1. The highest BCUT2D eigenvalue weighted by molar-refractivity contribution is 5.99. The van der Waals surface area contributed by atoms with Gasteiger partial charge in [-0.3, -0.25) is 28.9 Å². The molecule has 57 heavy (non-hydrogen) atoms. The van der Waals surface area contributed by atoms with Crippen molar-refractivity contribution >= 4 is 29.6 Å². The summed E-state index contributed by atoms with van der Waals surface area (Å²) in [5.74, 6) is -2.28. The molecule has 2 aromatic carbocycles. The average molecular weight is 786 g/mol. The SMILES string of the molecule is CC(C)C1CC1(NC(=O)[C@@H](Cc1ccccc1)NC(=O)[C@H](N)Cc1ccccc1)C(=O)N[C@H](CCCCN)C(=O)N1CCC2(CC1)CC(N1CCC[C@@H]1C(=O)O)C2. The van der Waals surface area contributed by atoms with Crippen LogP contribution in [0.3, 0.4) is 0 Å². The van der Waals surface area contributed by atoms with Crippen LogP contribution >= 0.6 is 0 Å². The molecule has 0 radical (unpaired) electrons. The van der Waals surface area contributed by atoms with E-state index in [4.69, 9.17) is 11.5 Å². The van der Waals surface area contributed by atoms with Crippen LogP contribution in [0.4, 0.5) is 0 Å². The summed E-state index contributed by atoms with van der Waals surface area (Å²) < 4.78 is 0. The molecule has 2 aromatic rings. The van der Waals surface area contributed by atoms with E-state index >= 15 is 0 Å². The number of hydrogen-bond acceptors (Lipinski definition) is 8. The Kier molecular flexibility index (Phi) is 13.7. The number of piperidine rings is 1. The second-order valence-corrected chi connectivity index (χ2v) is 17.5. The number of likely N-dealkylation sites (tertiary alicyclic amines) is 2. The van der Waals surface area contributed by atoms with E-state index in [2.05, 4.69) is 20.9 Å². The van der Waals surface area contributed by atoms with Crippen LogP contribution < -0.4 is 27.4 Å². The van der Waals surface area contributed by atoms with E-state index in [0.717, 1.165) is 49.8 Å². The van der Waals surface area contributed by atoms with Gasteiger partial charge in [-0.15, -0.1) is 0 Å². The number of nitrogens with zero attached hydrogens (tertiary/aromatic N) is 2. The van der Waals surface area contributed by atoms with Gasteiger partial charge < -0.3 is 37.4 Å². The Balaban J connectivity index is 1.12. The molecular formula is C44H63N7O6. The molecule has 2 aliphatic heterocycles. The first-order valence-electron chi connectivity index (χ1n) is 21.1. The number of carboxylic acid groups (broad SMARTS) is 1. The van der Waals surface area contributed by atoms with Crippen molar-refractivity contribution in [3.63, 3.8) is 0 Å². The van der Waals surface area contributed by atoms with Gasteiger partial charge in [0.15, 0.2) is 0 Å². The van der Waals surface area contributed by atoms with Gasteiger partial charge in [0.2, 0.25) is 23.6 Å². The number of carbonyl (C=O) groups excluding carboxylic acids is 4. The van der Waals surface area contributed by atoms with Gasteiger partial charge in [0.25, 0.3) is 0 Å². The maximum atomic E-state index is 14.4. The molecule has 4 fully saturated rings. The minimum Gasteiger partial charge on any atom is -0.480 e. The van der Waals surface area contributed by atoms with Crippen molar-refractivity contribution in [3.8, 4) is 0 Å². The number of nitrogens with two attached hydrogens (primary N) is 2. The van der Waals surface area contributed by atoms with E-state index in [1.807, 2.05) is 79.4 Å². The first kappa shape index (κ1) is 42.3. The Morgan fingerprint density at radius 3 is 2.04 bits per heavy atom. The maximum absolute atomic E-state index is 14.4. The van der Waals surface area contributed by atoms with Crippen molar-refractivity contribution in [1.82, 2.24) is 25.8 Å². The lowest BCUT2D eigenvalue weighted by molar-refractivity contribution is -0.147. The average Bonchev–Trinajstić information content (AvgIpc) is 3.72. The predicted molar refractivity (Wildman–Crippen MR) is 217 cm³/mol. The van der Waals surface area contributed by atoms with E-state index in [9.17, 15) is 29.1 Å². The fourth-order valence-electron chi connectivity index (χ4n) is 9.69. The molecule has 6 atom stereocenters. The van der Waals surface area contributed by atoms with Crippen LogP contribution in [0.2, 0.25) is 0 Å². The first-order chi connectivity index (χ1) is 27.3. The second-order valence-electron chi connectivity index (χ2n) is 17.5. The molecule has 4 aliphatic rings. The van der Waals surface area contributed by atoms with Gasteiger partial charge in [-0.25, -0.2) is 0 Å². The molecule has 0 aromatic heterocycles. The summed E-state index contributed by atoms with van der Waals surface area (Å²) in [6.07, 6.45) is 7.96. The van der Waals surface area contributed by atoms with E-state index in [1.54, 1.807) is 0 Å². The van der Waals surface area contributed by atoms with Crippen molar-refractivity contribution in [1.29, 1.82) is 0 Å². The van der Waals surface area contributed by atoms with Crippen LogP contribution in [0.5, 0.6) is 0 Å². The molecule has 0 bridgehead atoms. The van der Waals surface area contributed by atoms with Crippen molar-refractivity contribution in [2.24, 2.45) is 28.7 Å². The first-order valence-corrected chi connectivity index (χ1v) is 21.1. The molecule has 4 amide bonds. The minimum absolute atomic E-state index is 0.0693. The zero-order valence-electron chi connectivity index (χ0n) is 33.7. The molecule has 8 N–H and O–H groups in total. The van der Waals surface area contributed by atoms with Crippen LogP contribution in [0.25, 0.3) is 0 Å². The zero-order valence-corrected chi connectivity index (χ0v) is 33.7. The fourth-order valence-corrected chi connectivity index (χ4v) is 9.69. The maximum Gasteiger partial charge on any atom is 0.320 e. The molecule has 1 spiro atoms. The minimum atomic E-state index is -1.24. The number of amides is 4. The Hall–Kier alpha value is -4.33. The lowest BCUT2D eigenvalue weighted by Crippen LogP contribution is -2.61. The van der Waals surface area contributed by atoms with Crippen LogP contribution in [0, 0.1) is 17.3 Å². The normalized spacial score (nSPS) is 24.6. The van der Waals surface area contributed by atoms with Crippen molar-refractivity contribution in [2.75, 3.05) is 26.2 Å². The van der Waals surface area contributed by atoms with E-state index in [-0.39, 0.29) is 41.5 Å². The Bertz CT molecular complexity index is 1710. The molecular weight excluding hydrogens is 723 g/mol. The summed E-state index contributed by atoms with van der Waals surface area (Å²) >= 11 is 0. The highest BCUT2D eigenvalue weighted by Crippen LogP contribution is 2.52. The number of aliphatic carboxylic acids is 1. The third-order valence-corrected chi connectivity index (χ3v) is 13.2. The molecule has 6 rings (SSSR count). The number of hydrogen-bond donors (Lipinski definition) is 6. The van der Waals surface area contributed by atoms with Gasteiger partial charge in [0.05, 0.1) is 6.04 Å². The van der Waals surface area contributed by atoms with Gasteiger partial charge in [-0.05, 0) is 112 Å². The van der Waals surface area contributed by atoms with Crippen molar-refractivity contribution < 1.29 is 29.1 Å². The summed E-state index contributed by atoms with van der Waals surface area (Å²) in [5, 5.41) is 18.7. The third kappa shape index (κ3) is 10.0. The van der Waals surface area contributed by atoms with E-state index < -0.39 is 47.5 Å². The van der Waals surface area contributed by atoms with Gasteiger partial charge >= 0.3 is 5.97 Å². The summed E-state index contributed by atoms with van der Waals surface area (Å²) in [5.41, 5.74) is 12.8. The summed E-state index contributed by atoms with van der Waals surface area (Å²) in [6, 6.07) is 16.1. The second kappa shape index (κ2) is 18.5. The number of rotatable bonds is 18. The highest BCUT2D eigenvalue weighted by atomic mass is 16.4.